The van der Waals surface area contributed by atoms with Crippen molar-refractivity contribution in [2.75, 3.05) is 0 Å². The number of aryl methyl sites for hydroxylation is 1. The van der Waals surface area contributed by atoms with Gasteiger partial charge in [-0.1, -0.05) is 206 Å². The van der Waals surface area contributed by atoms with Crippen LogP contribution in [0.15, 0.2) is 243 Å². The lowest BCUT2D eigenvalue weighted by atomic mass is 9.88. The van der Waals surface area contributed by atoms with E-state index in [1.165, 1.54) is 5.56 Å². The van der Waals surface area contributed by atoms with Crippen molar-refractivity contribution in [2.24, 2.45) is 0 Å². The molecule has 0 unspecified atom stereocenters. The van der Waals surface area contributed by atoms with Crippen molar-refractivity contribution in [1.82, 2.24) is 24.9 Å². The summed E-state index contributed by atoms with van der Waals surface area (Å²) in [5.41, 5.74) is 18.8. The lowest BCUT2D eigenvalue weighted by Crippen LogP contribution is -1.97. The molecule has 0 spiro atoms. The average Bonchev–Trinajstić information content (AvgIpc) is 3.41. The molecule has 0 bridgehead atoms. The van der Waals surface area contributed by atoms with E-state index in [0.29, 0.717) is 11.6 Å². The quantitative estimate of drug-likeness (QED) is 0.137. The van der Waals surface area contributed by atoms with Crippen LogP contribution in [0.1, 0.15) is 5.69 Å². The minimum absolute atomic E-state index is 0.674. The van der Waals surface area contributed by atoms with Crippen molar-refractivity contribution in [1.29, 1.82) is 0 Å². The fraction of sp³-hybridized carbons (Fsp3) is 0.0161. The highest BCUT2D eigenvalue weighted by Gasteiger charge is 2.19. The monoisotopic (exact) mass is 857 g/mol. The maximum atomic E-state index is 5.21. The van der Waals surface area contributed by atoms with Crippen molar-refractivity contribution >= 4 is 0 Å². The molecular weight excluding hydrogens is 815 g/mol. The number of hydrogen-bond acceptors (Lipinski definition) is 5. The number of hydrogen-bond donors (Lipinski definition) is 0. The summed E-state index contributed by atoms with van der Waals surface area (Å²) in [6.45, 7) is 2.04. The first-order valence-electron chi connectivity index (χ1n) is 22.5. The summed E-state index contributed by atoms with van der Waals surface area (Å²) in [4.78, 5) is 25.7. The molecule has 0 aliphatic rings. The minimum Gasteiger partial charge on any atom is -0.253 e. The van der Waals surface area contributed by atoms with Crippen LogP contribution in [0.4, 0.5) is 0 Å². The van der Waals surface area contributed by atoms with Crippen LogP contribution in [0.5, 0.6) is 0 Å². The zero-order valence-corrected chi connectivity index (χ0v) is 36.8. The fourth-order valence-corrected chi connectivity index (χ4v) is 8.68. The van der Waals surface area contributed by atoms with Gasteiger partial charge < -0.3 is 0 Å². The Kier molecular flexibility index (Phi) is 11.1. The Morgan fingerprint density at radius 1 is 0.224 bits per heavy atom. The molecule has 0 amide bonds. The highest BCUT2D eigenvalue weighted by Crippen LogP contribution is 2.42. The third-order valence-corrected chi connectivity index (χ3v) is 12.0. The first-order valence-corrected chi connectivity index (χ1v) is 22.5. The van der Waals surface area contributed by atoms with E-state index < -0.39 is 0 Å². The summed E-state index contributed by atoms with van der Waals surface area (Å²) >= 11 is 0. The molecule has 67 heavy (non-hydrogen) atoms. The molecule has 5 heteroatoms. The number of aromatic nitrogens is 5. The average molecular weight is 858 g/mol. The Morgan fingerprint density at radius 3 is 1.04 bits per heavy atom. The number of rotatable bonds is 10. The summed E-state index contributed by atoms with van der Waals surface area (Å²) in [7, 11) is 0. The van der Waals surface area contributed by atoms with Crippen LogP contribution in [0.3, 0.4) is 0 Å². The summed E-state index contributed by atoms with van der Waals surface area (Å²) in [5.74, 6) is 1.36. The van der Waals surface area contributed by atoms with E-state index in [9.17, 15) is 0 Å². The largest absolute Gasteiger partial charge is 0.253 e. The highest BCUT2D eigenvalue weighted by molar-refractivity contribution is 5.95. The predicted octanol–water partition coefficient (Wildman–Crippen LogP) is 15.6. The maximum Gasteiger partial charge on any atom is 0.160 e. The second kappa shape index (κ2) is 18.3. The first-order chi connectivity index (χ1) is 33.1. The van der Waals surface area contributed by atoms with Crippen LogP contribution < -0.4 is 0 Å². The second-order valence-electron chi connectivity index (χ2n) is 16.5. The van der Waals surface area contributed by atoms with Gasteiger partial charge in [-0.15, -0.1) is 0 Å². The molecule has 0 radical (unpaired) electrons. The lowest BCUT2D eigenvalue weighted by Gasteiger charge is -2.17. The molecule has 0 saturated carbocycles. The van der Waals surface area contributed by atoms with Crippen molar-refractivity contribution in [3.05, 3.63) is 248 Å². The number of pyridine rings is 1. The minimum atomic E-state index is 0.674. The van der Waals surface area contributed by atoms with Crippen molar-refractivity contribution in [2.45, 2.75) is 6.92 Å². The molecule has 11 rings (SSSR count). The van der Waals surface area contributed by atoms with E-state index in [-0.39, 0.29) is 0 Å². The van der Waals surface area contributed by atoms with Gasteiger partial charge in [-0.3, -0.25) is 4.98 Å². The number of benzene rings is 8. The Morgan fingerprint density at radius 2 is 0.567 bits per heavy atom. The summed E-state index contributed by atoms with van der Waals surface area (Å²) in [5, 5.41) is 0. The molecule has 5 nitrogen and oxygen atoms in total. The van der Waals surface area contributed by atoms with Gasteiger partial charge in [-0.2, -0.15) is 0 Å². The van der Waals surface area contributed by atoms with E-state index >= 15 is 0 Å². The van der Waals surface area contributed by atoms with E-state index in [4.69, 9.17) is 24.9 Å². The molecule has 11 aromatic rings. The third-order valence-electron chi connectivity index (χ3n) is 12.0. The van der Waals surface area contributed by atoms with E-state index in [2.05, 4.69) is 176 Å². The Balaban J connectivity index is 1.03. The van der Waals surface area contributed by atoms with Gasteiger partial charge in [0.25, 0.3) is 0 Å². The van der Waals surface area contributed by atoms with Gasteiger partial charge in [0.1, 0.15) is 0 Å². The van der Waals surface area contributed by atoms with E-state index in [0.717, 1.165) is 101 Å². The zero-order chi connectivity index (χ0) is 44.9. The second-order valence-corrected chi connectivity index (χ2v) is 16.5. The van der Waals surface area contributed by atoms with Gasteiger partial charge in [0.05, 0.1) is 28.5 Å². The lowest BCUT2D eigenvalue weighted by molar-refractivity contribution is 1.18. The van der Waals surface area contributed by atoms with Crippen LogP contribution >= 0.6 is 0 Å². The smallest absolute Gasteiger partial charge is 0.160 e. The molecule has 0 aliphatic carbocycles. The maximum absolute atomic E-state index is 5.21. The van der Waals surface area contributed by atoms with Crippen molar-refractivity contribution in [3.8, 4) is 112 Å². The summed E-state index contributed by atoms with van der Waals surface area (Å²) < 4.78 is 0. The van der Waals surface area contributed by atoms with Gasteiger partial charge in [-0.25, -0.2) is 19.9 Å². The summed E-state index contributed by atoms with van der Waals surface area (Å²) in [6, 6.07) is 84.1. The molecular formula is C62H43N5. The molecule has 0 saturated heterocycles. The van der Waals surface area contributed by atoms with Gasteiger partial charge in [0, 0.05) is 44.6 Å². The van der Waals surface area contributed by atoms with Crippen LogP contribution in [-0.4, -0.2) is 24.9 Å². The zero-order valence-electron chi connectivity index (χ0n) is 36.8. The molecule has 3 aromatic heterocycles. The first kappa shape index (κ1) is 40.8. The van der Waals surface area contributed by atoms with Gasteiger partial charge >= 0.3 is 0 Å². The molecule has 8 aromatic carbocycles. The van der Waals surface area contributed by atoms with E-state index in [1.807, 2.05) is 73.7 Å². The molecule has 3 heterocycles. The molecule has 0 fully saturated rings. The normalized spacial score (nSPS) is 11.1. The topological polar surface area (TPSA) is 64.5 Å². The molecule has 0 aliphatic heterocycles. The molecule has 0 atom stereocenters. The Labute approximate surface area is 390 Å². The SMILES string of the molecule is Cc1cccc(-c2c(-c3cccc(-c4cc(-c5ccccc5)nc(-c5ccccc5)n4)c3)cccc2-c2cccc(-c3cc(-c4ccc(-c5ccccc5)cc4)nc(-c4ccccc4)n3)c2)n1. The number of nitrogens with zero attached hydrogens (tertiary/aromatic N) is 5. The van der Waals surface area contributed by atoms with Crippen LogP contribution in [0.2, 0.25) is 0 Å². The van der Waals surface area contributed by atoms with Gasteiger partial charge in [0.15, 0.2) is 11.6 Å². The third kappa shape index (κ3) is 8.70. The van der Waals surface area contributed by atoms with Crippen LogP contribution in [0, 0.1) is 6.92 Å². The standard InChI is InChI=1S/C62H43N5/c1-42-18-14-33-55(63-42)60-53(49-27-15-29-51(38-49)58-40-56(45-21-8-3-9-22-45)64-61(66-58)47-23-10-4-11-24-47)31-17-32-54(60)50-28-16-30-52(39-50)59-41-57(65-62(67-59)48-25-12-5-13-26-48)46-36-34-44(35-37-46)43-19-6-2-7-20-43/h2-41H,1H3. The summed E-state index contributed by atoms with van der Waals surface area (Å²) in [6.07, 6.45) is 0. The van der Waals surface area contributed by atoms with Crippen LogP contribution in [-0.2, 0) is 0 Å². The highest BCUT2D eigenvalue weighted by atomic mass is 14.9. The van der Waals surface area contributed by atoms with Gasteiger partial charge in [0.2, 0.25) is 0 Å². The van der Waals surface area contributed by atoms with Crippen molar-refractivity contribution < 1.29 is 0 Å². The van der Waals surface area contributed by atoms with Crippen LogP contribution in [0.25, 0.3) is 112 Å². The molecule has 316 valence electrons. The Bertz CT molecular complexity index is 3440. The van der Waals surface area contributed by atoms with E-state index in [1.54, 1.807) is 0 Å². The Hall–Kier alpha value is -8.93. The van der Waals surface area contributed by atoms with Crippen molar-refractivity contribution in [3.63, 3.8) is 0 Å². The fourth-order valence-electron chi connectivity index (χ4n) is 8.68. The van der Waals surface area contributed by atoms with Gasteiger partial charge in [-0.05, 0) is 76.7 Å². The molecule has 0 N–H and O–H groups in total. The predicted molar refractivity (Wildman–Crippen MR) is 275 cm³/mol.